The summed E-state index contributed by atoms with van der Waals surface area (Å²) in [7, 11) is 0. The average molecular weight is 318 g/mol. The van der Waals surface area contributed by atoms with Crippen LogP contribution in [-0.4, -0.2) is 23.5 Å². The molecule has 1 aliphatic heterocycles. The number of carbonyl (C=O) groups is 2. The highest BCUT2D eigenvalue weighted by Gasteiger charge is 2.27. The number of anilines is 1. The minimum absolute atomic E-state index is 0.259. The summed E-state index contributed by atoms with van der Waals surface area (Å²) in [5.41, 5.74) is 1.59. The molecule has 0 aliphatic carbocycles. The van der Waals surface area contributed by atoms with Crippen molar-refractivity contribution < 1.29 is 9.59 Å². The van der Waals surface area contributed by atoms with E-state index >= 15 is 0 Å². The SMILES string of the molecule is CC(C)c1nccc2c(N3CCC(=O)NC3=O)c(Cl)ccc12. The number of benzene rings is 1. The van der Waals surface area contributed by atoms with Gasteiger partial charge in [0.2, 0.25) is 5.91 Å². The number of nitrogens with zero attached hydrogens (tertiary/aromatic N) is 2. The highest BCUT2D eigenvalue weighted by Crippen LogP contribution is 2.37. The number of hydrogen-bond donors (Lipinski definition) is 1. The molecule has 5 nitrogen and oxygen atoms in total. The molecular weight excluding hydrogens is 302 g/mol. The summed E-state index contributed by atoms with van der Waals surface area (Å²) in [5.74, 6) is -0.00312. The largest absolute Gasteiger partial charge is 0.328 e. The molecule has 3 rings (SSSR count). The highest BCUT2D eigenvalue weighted by molar-refractivity contribution is 6.36. The van der Waals surface area contributed by atoms with E-state index in [0.29, 0.717) is 17.3 Å². The fourth-order valence-electron chi connectivity index (χ4n) is 2.75. The molecule has 2 heterocycles. The second-order valence-electron chi connectivity index (χ2n) is 5.60. The molecule has 1 aromatic carbocycles. The van der Waals surface area contributed by atoms with E-state index < -0.39 is 6.03 Å². The number of imide groups is 1. The highest BCUT2D eigenvalue weighted by atomic mass is 35.5. The lowest BCUT2D eigenvalue weighted by atomic mass is 10.0. The first-order valence-electron chi connectivity index (χ1n) is 7.17. The summed E-state index contributed by atoms with van der Waals surface area (Å²) in [6.07, 6.45) is 1.99. The number of carbonyl (C=O) groups excluding carboxylic acids is 2. The van der Waals surface area contributed by atoms with Crippen LogP contribution in [0.1, 0.15) is 31.9 Å². The number of nitrogens with one attached hydrogen (secondary N) is 1. The maximum atomic E-state index is 12.1. The molecular formula is C16H16ClN3O2. The Balaban J connectivity index is 2.21. The predicted molar refractivity (Wildman–Crippen MR) is 86.3 cm³/mol. The van der Waals surface area contributed by atoms with Crippen LogP contribution < -0.4 is 10.2 Å². The van der Waals surface area contributed by atoms with Gasteiger partial charge in [0.1, 0.15) is 0 Å². The summed E-state index contributed by atoms with van der Waals surface area (Å²) < 4.78 is 0. The van der Waals surface area contributed by atoms with E-state index in [2.05, 4.69) is 24.1 Å². The molecule has 0 saturated carbocycles. The van der Waals surface area contributed by atoms with Crippen LogP contribution in [0.5, 0.6) is 0 Å². The van der Waals surface area contributed by atoms with E-state index in [1.165, 1.54) is 4.90 Å². The Hall–Kier alpha value is -2.14. The van der Waals surface area contributed by atoms with Gasteiger partial charge in [-0.3, -0.25) is 20.0 Å². The summed E-state index contributed by atoms with van der Waals surface area (Å²) in [5, 5.41) is 4.66. The lowest BCUT2D eigenvalue weighted by Gasteiger charge is -2.28. The Morgan fingerprint density at radius 1 is 1.23 bits per heavy atom. The van der Waals surface area contributed by atoms with Crippen molar-refractivity contribution in [1.82, 2.24) is 10.3 Å². The molecule has 2 aromatic rings. The molecule has 1 aromatic heterocycles. The van der Waals surface area contributed by atoms with Crippen LogP contribution in [0.2, 0.25) is 5.02 Å². The quantitative estimate of drug-likeness (QED) is 0.922. The first-order chi connectivity index (χ1) is 10.5. The standard InChI is InChI=1S/C16H16ClN3O2/c1-9(2)14-10-3-4-12(17)15(11(10)5-7-18-14)20-8-6-13(21)19-16(20)22/h3-5,7,9H,6,8H2,1-2H3,(H,19,21,22). The van der Waals surface area contributed by atoms with Gasteiger partial charge in [-0.2, -0.15) is 0 Å². The zero-order chi connectivity index (χ0) is 15.9. The lowest BCUT2D eigenvalue weighted by molar-refractivity contribution is -0.120. The van der Waals surface area contributed by atoms with Gasteiger partial charge in [0.25, 0.3) is 0 Å². The Labute approximate surface area is 133 Å². The predicted octanol–water partition coefficient (Wildman–Crippen LogP) is 3.46. The van der Waals surface area contributed by atoms with Crippen LogP contribution in [0.25, 0.3) is 10.8 Å². The maximum absolute atomic E-state index is 12.1. The van der Waals surface area contributed by atoms with Crippen LogP contribution in [0.3, 0.4) is 0 Å². The van der Waals surface area contributed by atoms with Crippen LogP contribution in [-0.2, 0) is 4.79 Å². The van der Waals surface area contributed by atoms with Gasteiger partial charge in [-0.25, -0.2) is 4.79 Å². The van der Waals surface area contributed by atoms with Gasteiger partial charge in [0.15, 0.2) is 0 Å². The number of hydrogen-bond acceptors (Lipinski definition) is 3. The lowest BCUT2D eigenvalue weighted by Crippen LogP contribution is -2.49. The molecule has 0 spiro atoms. The van der Waals surface area contributed by atoms with Crippen molar-refractivity contribution in [2.45, 2.75) is 26.2 Å². The number of rotatable bonds is 2. The van der Waals surface area contributed by atoms with Crippen LogP contribution in [0.15, 0.2) is 24.4 Å². The maximum Gasteiger partial charge on any atom is 0.328 e. The van der Waals surface area contributed by atoms with Crippen molar-refractivity contribution in [3.8, 4) is 0 Å². The molecule has 6 heteroatoms. The van der Waals surface area contributed by atoms with Crippen molar-refractivity contribution in [3.05, 3.63) is 35.1 Å². The summed E-state index contributed by atoms with van der Waals surface area (Å²) in [4.78, 5) is 29.4. The number of urea groups is 1. The molecule has 1 fully saturated rings. The first kappa shape index (κ1) is 14.8. The molecule has 1 saturated heterocycles. The minimum Gasteiger partial charge on any atom is -0.291 e. The summed E-state index contributed by atoms with van der Waals surface area (Å²) in [6, 6.07) is 5.12. The zero-order valence-electron chi connectivity index (χ0n) is 12.4. The molecule has 22 heavy (non-hydrogen) atoms. The molecule has 0 bridgehead atoms. The second kappa shape index (κ2) is 5.57. The van der Waals surface area contributed by atoms with E-state index in [9.17, 15) is 9.59 Å². The van der Waals surface area contributed by atoms with Crippen molar-refractivity contribution in [2.75, 3.05) is 11.4 Å². The minimum atomic E-state index is -0.437. The molecule has 0 radical (unpaired) electrons. The molecule has 114 valence electrons. The number of aromatic nitrogens is 1. The van der Waals surface area contributed by atoms with Crippen molar-refractivity contribution >= 4 is 40.0 Å². The molecule has 0 atom stereocenters. The number of halogens is 1. The van der Waals surface area contributed by atoms with E-state index in [0.717, 1.165) is 16.5 Å². The van der Waals surface area contributed by atoms with Gasteiger partial charge in [-0.05, 0) is 18.1 Å². The van der Waals surface area contributed by atoms with Crippen molar-refractivity contribution in [3.63, 3.8) is 0 Å². The third-order valence-corrected chi connectivity index (χ3v) is 4.07. The van der Waals surface area contributed by atoms with E-state index in [1.807, 2.05) is 12.1 Å². The molecule has 3 amide bonds. The fraction of sp³-hybridized carbons (Fsp3) is 0.312. The summed E-state index contributed by atoms with van der Waals surface area (Å²) in [6.45, 7) is 4.47. The Bertz CT molecular complexity index is 773. The molecule has 1 aliphatic rings. The Morgan fingerprint density at radius 2 is 2.00 bits per heavy atom. The van der Waals surface area contributed by atoms with Crippen molar-refractivity contribution in [2.24, 2.45) is 0 Å². The molecule has 0 unspecified atom stereocenters. The third-order valence-electron chi connectivity index (χ3n) is 3.77. The number of fused-ring (bicyclic) bond motifs is 1. The van der Waals surface area contributed by atoms with E-state index in [1.54, 1.807) is 12.3 Å². The van der Waals surface area contributed by atoms with Gasteiger partial charge in [-0.1, -0.05) is 31.5 Å². The second-order valence-corrected chi connectivity index (χ2v) is 6.00. The number of amides is 3. The fourth-order valence-corrected chi connectivity index (χ4v) is 3.01. The Morgan fingerprint density at radius 3 is 2.68 bits per heavy atom. The summed E-state index contributed by atoms with van der Waals surface area (Å²) >= 11 is 6.34. The topological polar surface area (TPSA) is 62.3 Å². The Kier molecular flexibility index (Phi) is 3.74. The van der Waals surface area contributed by atoms with Gasteiger partial charge < -0.3 is 0 Å². The number of pyridine rings is 1. The zero-order valence-corrected chi connectivity index (χ0v) is 13.1. The van der Waals surface area contributed by atoms with E-state index in [4.69, 9.17) is 11.6 Å². The van der Waals surface area contributed by atoms with Crippen LogP contribution >= 0.6 is 11.6 Å². The molecule has 1 N–H and O–H groups in total. The van der Waals surface area contributed by atoms with Gasteiger partial charge in [-0.15, -0.1) is 0 Å². The third kappa shape index (κ3) is 2.41. The van der Waals surface area contributed by atoms with E-state index in [-0.39, 0.29) is 18.2 Å². The monoisotopic (exact) mass is 317 g/mol. The van der Waals surface area contributed by atoms with Crippen molar-refractivity contribution in [1.29, 1.82) is 0 Å². The normalized spacial score (nSPS) is 15.5. The first-order valence-corrected chi connectivity index (χ1v) is 7.55. The van der Waals surface area contributed by atoms with Crippen LogP contribution in [0, 0.1) is 0 Å². The smallest absolute Gasteiger partial charge is 0.291 e. The van der Waals surface area contributed by atoms with Gasteiger partial charge >= 0.3 is 6.03 Å². The average Bonchev–Trinajstić information content (AvgIpc) is 2.47. The van der Waals surface area contributed by atoms with Gasteiger partial charge in [0, 0.05) is 29.9 Å². The van der Waals surface area contributed by atoms with Crippen LogP contribution in [0.4, 0.5) is 10.5 Å². The van der Waals surface area contributed by atoms with Gasteiger partial charge in [0.05, 0.1) is 16.4 Å².